The van der Waals surface area contributed by atoms with Gasteiger partial charge in [0.2, 0.25) is 11.8 Å². The van der Waals surface area contributed by atoms with E-state index in [0.717, 1.165) is 24.8 Å². The molecule has 0 atom stereocenters. The molecule has 130 valence electrons. The van der Waals surface area contributed by atoms with Gasteiger partial charge < -0.3 is 19.3 Å². The monoisotopic (exact) mass is 332 g/mol. The molecule has 0 aromatic heterocycles. The maximum absolute atomic E-state index is 12.6. The van der Waals surface area contributed by atoms with Crippen LogP contribution < -0.4 is 9.47 Å². The van der Waals surface area contributed by atoms with Gasteiger partial charge in [-0.2, -0.15) is 0 Å². The number of carbonyl (C=O) groups excluding carboxylic acids is 2. The van der Waals surface area contributed by atoms with E-state index in [9.17, 15) is 9.59 Å². The Labute approximate surface area is 142 Å². The summed E-state index contributed by atoms with van der Waals surface area (Å²) in [5.41, 5.74) is 2.26. The van der Waals surface area contributed by atoms with Gasteiger partial charge in [0.25, 0.3) is 0 Å². The molecule has 0 spiro atoms. The normalized spacial score (nSPS) is 16.4. The number of rotatable bonds is 5. The van der Waals surface area contributed by atoms with Crippen LogP contribution in [0.5, 0.6) is 11.5 Å². The highest BCUT2D eigenvalue weighted by molar-refractivity contribution is 5.84. The SMILES string of the molecule is COc1cc2c(cc1OC)CN(C(=O)CN(C(C)=O)C1CC1)CC2. The maximum atomic E-state index is 12.6. The summed E-state index contributed by atoms with van der Waals surface area (Å²) in [6.07, 6.45) is 2.80. The molecule has 0 bridgehead atoms. The Hall–Kier alpha value is -2.24. The van der Waals surface area contributed by atoms with Crippen LogP contribution in [-0.2, 0) is 22.6 Å². The molecule has 0 unspecified atom stereocenters. The highest BCUT2D eigenvalue weighted by atomic mass is 16.5. The first kappa shape index (κ1) is 16.6. The number of carbonyl (C=O) groups is 2. The lowest BCUT2D eigenvalue weighted by atomic mass is 9.98. The second-order valence-corrected chi connectivity index (χ2v) is 6.42. The Bertz CT molecular complexity index is 655. The zero-order valence-corrected chi connectivity index (χ0v) is 14.5. The predicted octanol–water partition coefficient (Wildman–Crippen LogP) is 1.60. The van der Waals surface area contributed by atoms with Crippen molar-refractivity contribution in [3.63, 3.8) is 0 Å². The van der Waals surface area contributed by atoms with Crippen LogP contribution in [0.2, 0.25) is 0 Å². The lowest BCUT2D eigenvalue weighted by Gasteiger charge is -2.31. The lowest BCUT2D eigenvalue weighted by molar-refractivity contribution is -0.140. The van der Waals surface area contributed by atoms with Crippen LogP contribution in [0, 0.1) is 0 Å². The van der Waals surface area contributed by atoms with Crippen LogP contribution in [0.1, 0.15) is 30.9 Å². The molecule has 3 rings (SSSR count). The fraction of sp³-hybridized carbons (Fsp3) is 0.556. The van der Waals surface area contributed by atoms with Crippen LogP contribution in [0.25, 0.3) is 0 Å². The first-order chi connectivity index (χ1) is 11.5. The molecule has 1 aromatic carbocycles. The molecule has 1 heterocycles. The molecule has 0 saturated heterocycles. The number of ether oxygens (including phenoxy) is 2. The molecule has 1 aromatic rings. The molecule has 24 heavy (non-hydrogen) atoms. The summed E-state index contributed by atoms with van der Waals surface area (Å²) < 4.78 is 10.7. The third-order valence-electron chi connectivity index (χ3n) is 4.77. The fourth-order valence-electron chi connectivity index (χ4n) is 3.23. The summed E-state index contributed by atoms with van der Waals surface area (Å²) in [6, 6.07) is 4.19. The Morgan fingerprint density at radius 1 is 1.17 bits per heavy atom. The van der Waals surface area contributed by atoms with Crippen LogP contribution in [0.3, 0.4) is 0 Å². The number of amides is 2. The molecule has 6 heteroatoms. The number of hydrogen-bond acceptors (Lipinski definition) is 4. The summed E-state index contributed by atoms with van der Waals surface area (Å²) in [4.78, 5) is 27.9. The van der Waals surface area contributed by atoms with Crippen molar-refractivity contribution in [2.45, 2.75) is 38.8 Å². The Balaban J connectivity index is 1.72. The van der Waals surface area contributed by atoms with Crippen molar-refractivity contribution >= 4 is 11.8 Å². The minimum atomic E-state index is -0.0188. The second kappa shape index (κ2) is 6.71. The van der Waals surface area contributed by atoms with Crippen molar-refractivity contribution in [2.75, 3.05) is 27.3 Å². The average Bonchev–Trinajstić information content (AvgIpc) is 3.42. The highest BCUT2D eigenvalue weighted by Crippen LogP contribution is 2.33. The van der Waals surface area contributed by atoms with E-state index in [2.05, 4.69) is 0 Å². The van der Waals surface area contributed by atoms with Crippen molar-refractivity contribution < 1.29 is 19.1 Å². The van der Waals surface area contributed by atoms with E-state index in [1.807, 2.05) is 17.0 Å². The highest BCUT2D eigenvalue weighted by Gasteiger charge is 2.33. The van der Waals surface area contributed by atoms with E-state index in [1.54, 1.807) is 19.1 Å². The van der Waals surface area contributed by atoms with Gasteiger partial charge in [-0.25, -0.2) is 0 Å². The third-order valence-corrected chi connectivity index (χ3v) is 4.77. The molecule has 2 amide bonds. The molecule has 1 aliphatic heterocycles. The summed E-state index contributed by atoms with van der Waals surface area (Å²) >= 11 is 0. The van der Waals surface area contributed by atoms with Crippen LogP contribution in [-0.4, -0.2) is 55.0 Å². The van der Waals surface area contributed by atoms with E-state index in [-0.39, 0.29) is 24.4 Å². The molecular weight excluding hydrogens is 308 g/mol. The minimum Gasteiger partial charge on any atom is -0.493 e. The van der Waals surface area contributed by atoms with Crippen molar-refractivity contribution in [3.05, 3.63) is 23.3 Å². The Morgan fingerprint density at radius 3 is 2.33 bits per heavy atom. The van der Waals surface area contributed by atoms with Crippen molar-refractivity contribution in [2.24, 2.45) is 0 Å². The quantitative estimate of drug-likeness (QED) is 0.822. The third kappa shape index (κ3) is 3.32. The average molecular weight is 332 g/mol. The molecule has 0 radical (unpaired) electrons. The van der Waals surface area contributed by atoms with Crippen LogP contribution in [0.4, 0.5) is 0 Å². The van der Waals surface area contributed by atoms with E-state index < -0.39 is 0 Å². The Kier molecular flexibility index (Phi) is 4.64. The second-order valence-electron chi connectivity index (χ2n) is 6.42. The number of benzene rings is 1. The zero-order chi connectivity index (χ0) is 17.3. The fourth-order valence-corrected chi connectivity index (χ4v) is 3.23. The predicted molar refractivity (Wildman–Crippen MR) is 89.1 cm³/mol. The molecule has 1 aliphatic carbocycles. The summed E-state index contributed by atoms with van der Waals surface area (Å²) in [5.74, 6) is 1.38. The summed E-state index contributed by atoms with van der Waals surface area (Å²) in [7, 11) is 3.23. The van der Waals surface area contributed by atoms with Crippen molar-refractivity contribution in [1.29, 1.82) is 0 Å². The number of fused-ring (bicyclic) bond motifs is 1. The van der Waals surface area contributed by atoms with Crippen molar-refractivity contribution in [3.8, 4) is 11.5 Å². The van der Waals surface area contributed by atoms with Gasteiger partial charge in [-0.1, -0.05) is 0 Å². The molecule has 1 fully saturated rings. The molecule has 0 N–H and O–H groups in total. The van der Waals surface area contributed by atoms with E-state index in [4.69, 9.17) is 9.47 Å². The summed E-state index contributed by atoms with van der Waals surface area (Å²) in [6.45, 7) is 2.93. The van der Waals surface area contributed by atoms with Crippen LogP contribution >= 0.6 is 0 Å². The first-order valence-corrected chi connectivity index (χ1v) is 8.32. The maximum Gasteiger partial charge on any atom is 0.242 e. The molecular formula is C18H24N2O4. The van der Waals surface area contributed by atoms with Gasteiger partial charge in [-0.3, -0.25) is 9.59 Å². The lowest BCUT2D eigenvalue weighted by Crippen LogP contribution is -2.44. The van der Waals surface area contributed by atoms with Crippen LogP contribution in [0.15, 0.2) is 12.1 Å². The van der Waals surface area contributed by atoms with E-state index in [1.165, 1.54) is 12.5 Å². The van der Waals surface area contributed by atoms with Gasteiger partial charge in [0, 0.05) is 26.1 Å². The standard InChI is InChI=1S/C18H24N2O4/c1-12(21)20(15-4-5-15)11-18(22)19-7-6-13-8-16(23-2)17(24-3)9-14(13)10-19/h8-9,15H,4-7,10-11H2,1-3H3. The topological polar surface area (TPSA) is 59.1 Å². The van der Waals surface area contributed by atoms with Gasteiger partial charge in [0.1, 0.15) is 6.54 Å². The number of methoxy groups -OCH3 is 2. The van der Waals surface area contributed by atoms with Gasteiger partial charge in [-0.15, -0.1) is 0 Å². The zero-order valence-electron chi connectivity index (χ0n) is 14.5. The Morgan fingerprint density at radius 2 is 1.79 bits per heavy atom. The largest absolute Gasteiger partial charge is 0.493 e. The van der Waals surface area contributed by atoms with Gasteiger partial charge in [-0.05, 0) is 42.5 Å². The van der Waals surface area contributed by atoms with E-state index >= 15 is 0 Å². The smallest absolute Gasteiger partial charge is 0.242 e. The van der Waals surface area contributed by atoms with Gasteiger partial charge in [0.05, 0.1) is 14.2 Å². The number of hydrogen-bond donors (Lipinski definition) is 0. The molecule has 6 nitrogen and oxygen atoms in total. The molecule has 1 saturated carbocycles. The number of nitrogens with zero attached hydrogens (tertiary/aromatic N) is 2. The summed E-state index contributed by atoms with van der Waals surface area (Å²) in [5, 5.41) is 0. The van der Waals surface area contributed by atoms with E-state index in [0.29, 0.717) is 24.6 Å². The first-order valence-electron chi connectivity index (χ1n) is 8.32. The van der Waals surface area contributed by atoms with Gasteiger partial charge in [0.15, 0.2) is 11.5 Å². The van der Waals surface area contributed by atoms with Crippen molar-refractivity contribution in [1.82, 2.24) is 9.80 Å². The molecule has 2 aliphatic rings. The minimum absolute atomic E-state index is 0.0116. The van der Waals surface area contributed by atoms with Gasteiger partial charge >= 0.3 is 0 Å².